The number of nitrogens with one attached hydrogen (secondary N) is 3. The van der Waals surface area contributed by atoms with E-state index in [1.165, 1.54) is 16.7 Å². The monoisotopic (exact) mass is 567 g/mol. The van der Waals surface area contributed by atoms with Crippen molar-refractivity contribution in [3.05, 3.63) is 126 Å². The van der Waals surface area contributed by atoms with Crippen LogP contribution in [0.3, 0.4) is 0 Å². The van der Waals surface area contributed by atoms with Gasteiger partial charge in [0.05, 0.1) is 0 Å². The molecule has 1 saturated heterocycles. The summed E-state index contributed by atoms with van der Waals surface area (Å²) in [5, 5.41) is 8.13. The maximum Gasteiger partial charge on any atom is 0.412 e. The Labute approximate surface area is 242 Å². The Morgan fingerprint density at radius 2 is 1.46 bits per heavy atom. The Balaban J connectivity index is 1.21. The van der Waals surface area contributed by atoms with Gasteiger partial charge < -0.3 is 20.7 Å². The lowest BCUT2D eigenvalue weighted by Gasteiger charge is -2.28. The number of hydrogen-bond acceptors (Lipinski definition) is 6. The zero-order chi connectivity index (χ0) is 28.4. The van der Waals surface area contributed by atoms with Crippen molar-refractivity contribution in [1.29, 1.82) is 0 Å². The molecule has 1 aromatic heterocycles. The molecule has 0 spiro atoms. The lowest BCUT2D eigenvalue weighted by molar-refractivity contribution is -0.120. The van der Waals surface area contributed by atoms with Crippen LogP contribution in [0.15, 0.2) is 109 Å². The number of ether oxygens (including phenoxy) is 1. The SMILES string of the molecule is O=C(NCc1ccc(NC(=O)[C@@H]2CSC(c3ccncc3)N2C(=O)OCc2ccccc2)cc1)Nc1ccccc1. The summed E-state index contributed by atoms with van der Waals surface area (Å²) in [6, 6.07) is 28.4. The average molecular weight is 568 g/mol. The lowest BCUT2D eigenvalue weighted by Crippen LogP contribution is -2.45. The summed E-state index contributed by atoms with van der Waals surface area (Å²) in [7, 11) is 0. The fraction of sp³-hybridized carbons (Fsp3) is 0.161. The van der Waals surface area contributed by atoms with E-state index in [-0.39, 0.29) is 23.9 Å². The molecule has 2 heterocycles. The third-order valence-electron chi connectivity index (χ3n) is 6.42. The molecule has 3 N–H and O–H groups in total. The number of aromatic nitrogens is 1. The second-order valence-corrected chi connectivity index (χ2v) is 10.4. The van der Waals surface area contributed by atoms with Crippen LogP contribution in [0, 0.1) is 0 Å². The third-order valence-corrected chi connectivity index (χ3v) is 7.74. The Morgan fingerprint density at radius 3 is 2.17 bits per heavy atom. The predicted octanol–water partition coefficient (Wildman–Crippen LogP) is 5.79. The number of thioether (sulfide) groups is 1. The van der Waals surface area contributed by atoms with Gasteiger partial charge in [0.2, 0.25) is 5.91 Å². The summed E-state index contributed by atoms with van der Waals surface area (Å²) in [5.74, 6) is 0.108. The smallest absolute Gasteiger partial charge is 0.412 e. The number of amides is 4. The molecule has 0 radical (unpaired) electrons. The van der Waals surface area contributed by atoms with Crippen LogP contribution >= 0.6 is 11.8 Å². The molecule has 4 amide bonds. The standard InChI is InChI=1S/C31H29N5O4S/c37-28(34-26-13-11-22(12-14-26)19-33-30(38)35-25-9-5-2-6-10-25)27-21-41-29(24-15-17-32-18-16-24)36(27)31(39)40-20-23-7-3-1-4-8-23/h1-18,27,29H,19-21H2,(H,34,37)(H2,33,35,38)/t27-,29?/m0/s1. The lowest BCUT2D eigenvalue weighted by atomic mass is 10.2. The second kappa shape index (κ2) is 13.5. The molecule has 2 atom stereocenters. The molecule has 41 heavy (non-hydrogen) atoms. The highest BCUT2D eigenvalue weighted by molar-refractivity contribution is 7.99. The number of urea groups is 1. The van der Waals surface area contributed by atoms with Crippen LogP contribution < -0.4 is 16.0 Å². The quantitative estimate of drug-likeness (QED) is 0.248. The maximum atomic E-state index is 13.4. The topological polar surface area (TPSA) is 113 Å². The van der Waals surface area contributed by atoms with Crippen LogP contribution in [-0.4, -0.2) is 39.7 Å². The van der Waals surface area contributed by atoms with Crippen molar-refractivity contribution < 1.29 is 19.1 Å². The molecule has 208 valence electrons. The van der Waals surface area contributed by atoms with Crippen molar-refractivity contribution in [3.8, 4) is 0 Å². The number of anilines is 2. The van der Waals surface area contributed by atoms with Gasteiger partial charge in [-0.05, 0) is 53.1 Å². The van der Waals surface area contributed by atoms with E-state index in [0.717, 1.165) is 16.7 Å². The Kier molecular flexibility index (Phi) is 9.12. The predicted molar refractivity (Wildman–Crippen MR) is 159 cm³/mol. The first-order valence-corrected chi connectivity index (χ1v) is 14.1. The van der Waals surface area contributed by atoms with Gasteiger partial charge in [0.1, 0.15) is 18.0 Å². The summed E-state index contributed by atoms with van der Waals surface area (Å²) in [6.07, 6.45) is 2.77. The van der Waals surface area contributed by atoms with Gasteiger partial charge in [0, 0.05) is 36.1 Å². The third kappa shape index (κ3) is 7.43. The number of para-hydroxylation sites is 1. The first kappa shape index (κ1) is 27.7. The molecule has 3 aromatic carbocycles. The van der Waals surface area contributed by atoms with Gasteiger partial charge in [-0.2, -0.15) is 0 Å². The number of carbonyl (C=O) groups excluding carboxylic acids is 3. The minimum absolute atomic E-state index is 0.108. The second-order valence-electron chi connectivity index (χ2n) is 9.29. The largest absolute Gasteiger partial charge is 0.444 e. The van der Waals surface area contributed by atoms with E-state index in [0.29, 0.717) is 23.7 Å². The summed E-state index contributed by atoms with van der Waals surface area (Å²) in [6.45, 7) is 0.428. The van der Waals surface area contributed by atoms with Gasteiger partial charge in [0.15, 0.2) is 0 Å². The first-order valence-electron chi connectivity index (χ1n) is 13.1. The van der Waals surface area contributed by atoms with Gasteiger partial charge >= 0.3 is 12.1 Å². The Bertz CT molecular complexity index is 1460. The molecular weight excluding hydrogens is 538 g/mol. The summed E-state index contributed by atoms with van der Waals surface area (Å²) in [5.41, 5.74) is 3.89. The number of rotatable bonds is 8. The van der Waals surface area contributed by atoms with E-state index >= 15 is 0 Å². The van der Waals surface area contributed by atoms with E-state index in [1.54, 1.807) is 24.5 Å². The number of benzene rings is 3. The fourth-order valence-electron chi connectivity index (χ4n) is 4.32. The number of nitrogens with zero attached hydrogens (tertiary/aromatic N) is 2. The molecule has 1 fully saturated rings. The number of hydrogen-bond donors (Lipinski definition) is 3. The zero-order valence-electron chi connectivity index (χ0n) is 22.1. The number of pyridine rings is 1. The van der Waals surface area contributed by atoms with Gasteiger partial charge in [-0.3, -0.25) is 14.7 Å². The maximum absolute atomic E-state index is 13.4. The molecule has 1 aliphatic rings. The molecule has 5 rings (SSSR count). The molecule has 0 aliphatic carbocycles. The highest BCUT2D eigenvalue weighted by Crippen LogP contribution is 2.42. The minimum Gasteiger partial charge on any atom is -0.444 e. The first-order chi connectivity index (χ1) is 20.1. The zero-order valence-corrected chi connectivity index (χ0v) is 22.9. The molecule has 9 nitrogen and oxygen atoms in total. The van der Waals surface area contributed by atoms with E-state index < -0.39 is 12.1 Å². The molecule has 10 heteroatoms. The van der Waals surface area contributed by atoms with Gasteiger partial charge in [-0.1, -0.05) is 60.7 Å². The normalized spacial score (nSPS) is 16.0. The molecule has 0 saturated carbocycles. The van der Waals surface area contributed by atoms with E-state index in [4.69, 9.17) is 4.74 Å². The average Bonchev–Trinajstić information content (AvgIpc) is 3.47. The van der Waals surface area contributed by atoms with E-state index in [1.807, 2.05) is 84.9 Å². The molecular formula is C31H29N5O4S. The minimum atomic E-state index is -0.732. The van der Waals surface area contributed by atoms with Crippen LogP contribution in [0.25, 0.3) is 0 Å². The van der Waals surface area contributed by atoms with Crippen LogP contribution in [0.4, 0.5) is 21.0 Å². The van der Waals surface area contributed by atoms with Crippen LogP contribution in [0.1, 0.15) is 22.1 Å². The Morgan fingerprint density at radius 1 is 0.805 bits per heavy atom. The summed E-state index contributed by atoms with van der Waals surface area (Å²) in [4.78, 5) is 44.4. The molecule has 0 bridgehead atoms. The van der Waals surface area contributed by atoms with Crippen molar-refractivity contribution in [2.45, 2.75) is 24.6 Å². The van der Waals surface area contributed by atoms with Crippen LogP contribution in [-0.2, 0) is 22.7 Å². The van der Waals surface area contributed by atoms with Gasteiger partial charge in [-0.25, -0.2) is 9.59 Å². The van der Waals surface area contributed by atoms with Crippen molar-refractivity contribution in [2.24, 2.45) is 0 Å². The fourth-order valence-corrected chi connectivity index (χ4v) is 5.74. The molecule has 1 aliphatic heterocycles. The van der Waals surface area contributed by atoms with E-state index in [2.05, 4.69) is 20.9 Å². The van der Waals surface area contributed by atoms with Crippen molar-refractivity contribution in [1.82, 2.24) is 15.2 Å². The van der Waals surface area contributed by atoms with Crippen LogP contribution in [0.2, 0.25) is 0 Å². The molecule has 4 aromatic rings. The summed E-state index contributed by atoms with van der Waals surface area (Å²) >= 11 is 1.50. The molecule has 1 unspecified atom stereocenters. The van der Waals surface area contributed by atoms with Crippen molar-refractivity contribution in [2.75, 3.05) is 16.4 Å². The Hall–Kier alpha value is -4.83. The van der Waals surface area contributed by atoms with Crippen LogP contribution in [0.5, 0.6) is 0 Å². The van der Waals surface area contributed by atoms with Crippen molar-refractivity contribution >= 4 is 41.2 Å². The van der Waals surface area contributed by atoms with Gasteiger partial charge in [-0.15, -0.1) is 11.8 Å². The number of carbonyl (C=O) groups is 3. The van der Waals surface area contributed by atoms with Gasteiger partial charge in [0.25, 0.3) is 0 Å². The highest BCUT2D eigenvalue weighted by atomic mass is 32.2. The van der Waals surface area contributed by atoms with E-state index in [9.17, 15) is 14.4 Å². The summed E-state index contributed by atoms with van der Waals surface area (Å²) < 4.78 is 5.63. The van der Waals surface area contributed by atoms with Crippen molar-refractivity contribution in [3.63, 3.8) is 0 Å². The highest BCUT2D eigenvalue weighted by Gasteiger charge is 2.43.